The van der Waals surface area contributed by atoms with Gasteiger partial charge in [0.25, 0.3) is 5.91 Å². The standard InChI is InChI=1S/C19H25FN2O2/c20-17-6-2-1-5-16(17)18(23)22-11-7-19(8-12-22)13-15(14-24-19)21-9-3-4-10-21/h1-2,5-6,15H,3-4,7-14H2/t15-/m0/s1. The van der Waals surface area contributed by atoms with E-state index in [2.05, 4.69) is 4.90 Å². The molecule has 4 nitrogen and oxygen atoms in total. The van der Waals surface area contributed by atoms with Crippen LogP contribution >= 0.6 is 0 Å². The number of carbonyl (C=O) groups excluding carboxylic acids is 1. The number of nitrogens with zero attached hydrogens (tertiary/aromatic N) is 2. The van der Waals surface area contributed by atoms with Crippen molar-refractivity contribution in [2.75, 3.05) is 32.8 Å². The summed E-state index contributed by atoms with van der Waals surface area (Å²) >= 11 is 0. The van der Waals surface area contributed by atoms with Gasteiger partial charge in [0.05, 0.1) is 17.8 Å². The van der Waals surface area contributed by atoms with Crippen LogP contribution in [0.5, 0.6) is 0 Å². The van der Waals surface area contributed by atoms with Gasteiger partial charge in [-0.15, -0.1) is 0 Å². The highest BCUT2D eigenvalue weighted by Gasteiger charge is 2.45. The first-order valence-electron chi connectivity index (χ1n) is 9.09. The number of hydrogen-bond donors (Lipinski definition) is 0. The van der Waals surface area contributed by atoms with Crippen molar-refractivity contribution in [3.8, 4) is 0 Å². The number of rotatable bonds is 2. The molecule has 0 unspecified atom stereocenters. The van der Waals surface area contributed by atoms with Crippen molar-refractivity contribution >= 4 is 5.91 Å². The van der Waals surface area contributed by atoms with Gasteiger partial charge in [-0.25, -0.2) is 4.39 Å². The van der Waals surface area contributed by atoms with Crippen molar-refractivity contribution in [2.45, 2.75) is 43.7 Å². The van der Waals surface area contributed by atoms with Gasteiger partial charge in [-0.2, -0.15) is 0 Å². The highest BCUT2D eigenvalue weighted by atomic mass is 19.1. The molecule has 1 aromatic rings. The van der Waals surface area contributed by atoms with Crippen LogP contribution in [0, 0.1) is 5.82 Å². The monoisotopic (exact) mass is 332 g/mol. The lowest BCUT2D eigenvalue weighted by atomic mass is 9.87. The molecule has 4 rings (SSSR count). The number of halogens is 1. The van der Waals surface area contributed by atoms with Gasteiger partial charge in [-0.3, -0.25) is 9.69 Å². The molecule has 5 heteroatoms. The zero-order valence-corrected chi connectivity index (χ0v) is 14.0. The lowest BCUT2D eigenvalue weighted by molar-refractivity contribution is -0.0393. The zero-order valence-electron chi connectivity index (χ0n) is 14.0. The second-order valence-electron chi connectivity index (χ2n) is 7.37. The van der Waals surface area contributed by atoms with Gasteiger partial charge >= 0.3 is 0 Å². The molecule has 130 valence electrons. The third-order valence-corrected chi connectivity index (χ3v) is 5.91. The Balaban J connectivity index is 1.37. The van der Waals surface area contributed by atoms with E-state index in [1.54, 1.807) is 23.1 Å². The van der Waals surface area contributed by atoms with Crippen LogP contribution < -0.4 is 0 Å². The lowest BCUT2D eigenvalue weighted by Gasteiger charge is -2.39. The van der Waals surface area contributed by atoms with Crippen molar-refractivity contribution in [1.82, 2.24) is 9.80 Å². The van der Waals surface area contributed by atoms with E-state index >= 15 is 0 Å². The Kier molecular flexibility index (Phi) is 4.31. The summed E-state index contributed by atoms with van der Waals surface area (Å²) < 4.78 is 20.0. The Morgan fingerprint density at radius 3 is 2.54 bits per heavy atom. The van der Waals surface area contributed by atoms with Gasteiger partial charge in [-0.05, 0) is 57.3 Å². The molecule has 3 aliphatic rings. The first kappa shape index (κ1) is 16.0. The summed E-state index contributed by atoms with van der Waals surface area (Å²) in [7, 11) is 0. The fourth-order valence-corrected chi connectivity index (χ4v) is 4.43. The second kappa shape index (κ2) is 6.45. The van der Waals surface area contributed by atoms with E-state index < -0.39 is 5.82 Å². The van der Waals surface area contributed by atoms with Crippen LogP contribution in [0.1, 0.15) is 42.5 Å². The van der Waals surface area contributed by atoms with Crippen LogP contribution in [0.15, 0.2) is 24.3 Å². The van der Waals surface area contributed by atoms with Crippen LogP contribution in [-0.4, -0.2) is 60.1 Å². The molecular formula is C19H25FN2O2. The summed E-state index contributed by atoms with van der Waals surface area (Å²) in [6.07, 6.45) is 5.40. The molecule has 3 fully saturated rings. The molecule has 0 saturated carbocycles. The van der Waals surface area contributed by atoms with Gasteiger partial charge in [0.1, 0.15) is 5.82 Å². The summed E-state index contributed by atoms with van der Waals surface area (Å²) in [5.41, 5.74) is 0.106. The molecule has 3 heterocycles. The molecule has 0 radical (unpaired) electrons. The maximum Gasteiger partial charge on any atom is 0.256 e. The number of benzene rings is 1. The van der Waals surface area contributed by atoms with E-state index in [9.17, 15) is 9.18 Å². The fraction of sp³-hybridized carbons (Fsp3) is 0.632. The van der Waals surface area contributed by atoms with Crippen molar-refractivity contribution in [2.24, 2.45) is 0 Å². The molecule has 1 amide bonds. The summed E-state index contributed by atoms with van der Waals surface area (Å²) in [5, 5.41) is 0. The number of ether oxygens (including phenoxy) is 1. The molecule has 3 aliphatic heterocycles. The van der Waals surface area contributed by atoms with E-state index in [4.69, 9.17) is 4.74 Å². The fourth-order valence-electron chi connectivity index (χ4n) is 4.43. The number of amides is 1. The Bertz CT molecular complexity index is 607. The van der Waals surface area contributed by atoms with Crippen LogP contribution in [0.2, 0.25) is 0 Å². The first-order chi connectivity index (χ1) is 11.7. The third kappa shape index (κ3) is 2.95. The van der Waals surface area contributed by atoms with E-state index in [0.29, 0.717) is 19.1 Å². The Morgan fingerprint density at radius 1 is 1.12 bits per heavy atom. The van der Waals surface area contributed by atoms with Gasteiger partial charge in [-0.1, -0.05) is 12.1 Å². The Hall–Kier alpha value is -1.46. The van der Waals surface area contributed by atoms with Crippen molar-refractivity contribution in [1.29, 1.82) is 0 Å². The smallest absolute Gasteiger partial charge is 0.256 e. The SMILES string of the molecule is O=C(c1ccccc1F)N1CCC2(CC1)C[C@H](N1CCCC1)CO2. The molecule has 1 spiro atoms. The molecule has 3 saturated heterocycles. The van der Waals surface area contributed by atoms with Crippen LogP contribution in [-0.2, 0) is 4.74 Å². The predicted octanol–water partition coefficient (Wildman–Crippen LogP) is 2.69. The molecule has 0 bridgehead atoms. The lowest BCUT2D eigenvalue weighted by Crippen LogP contribution is -2.47. The minimum absolute atomic E-state index is 0.0702. The van der Waals surface area contributed by atoms with Crippen molar-refractivity contribution < 1.29 is 13.9 Å². The minimum atomic E-state index is -0.436. The maximum atomic E-state index is 13.8. The molecule has 24 heavy (non-hydrogen) atoms. The highest BCUT2D eigenvalue weighted by Crippen LogP contribution is 2.38. The molecule has 0 N–H and O–H groups in total. The van der Waals surface area contributed by atoms with Crippen LogP contribution in [0.25, 0.3) is 0 Å². The van der Waals surface area contributed by atoms with Gasteiger partial charge < -0.3 is 9.64 Å². The summed E-state index contributed by atoms with van der Waals surface area (Å²) in [6, 6.07) is 6.78. The number of likely N-dealkylation sites (tertiary alicyclic amines) is 2. The number of hydrogen-bond acceptors (Lipinski definition) is 3. The molecule has 0 aliphatic carbocycles. The van der Waals surface area contributed by atoms with Gasteiger partial charge in [0.15, 0.2) is 0 Å². The normalized spacial score (nSPS) is 27.0. The van der Waals surface area contributed by atoms with E-state index in [0.717, 1.165) is 25.9 Å². The number of piperidine rings is 1. The molecule has 0 aromatic heterocycles. The van der Waals surface area contributed by atoms with E-state index in [1.165, 1.54) is 32.0 Å². The average Bonchev–Trinajstić information content (AvgIpc) is 3.26. The van der Waals surface area contributed by atoms with Crippen LogP contribution in [0.4, 0.5) is 4.39 Å². The van der Waals surface area contributed by atoms with Crippen LogP contribution in [0.3, 0.4) is 0 Å². The van der Waals surface area contributed by atoms with E-state index in [1.807, 2.05) is 0 Å². The van der Waals surface area contributed by atoms with E-state index in [-0.39, 0.29) is 17.1 Å². The third-order valence-electron chi connectivity index (χ3n) is 5.91. The molecular weight excluding hydrogens is 307 g/mol. The zero-order chi connectivity index (χ0) is 16.6. The summed E-state index contributed by atoms with van der Waals surface area (Å²) in [6.45, 7) is 4.52. The second-order valence-corrected chi connectivity index (χ2v) is 7.37. The quantitative estimate of drug-likeness (QED) is 0.835. The summed E-state index contributed by atoms with van der Waals surface area (Å²) in [4.78, 5) is 16.9. The van der Waals surface area contributed by atoms with Crippen molar-refractivity contribution in [3.05, 3.63) is 35.6 Å². The summed E-state index contributed by atoms with van der Waals surface area (Å²) in [5.74, 6) is -0.633. The first-order valence-corrected chi connectivity index (χ1v) is 9.09. The maximum absolute atomic E-state index is 13.8. The molecule has 1 aromatic carbocycles. The topological polar surface area (TPSA) is 32.8 Å². The van der Waals surface area contributed by atoms with Gasteiger partial charge in [0, 0.05) is 19.1 Å². The Labute approximate surface area is 142 Å². The predicted molar refractivity (Wildman–Crippen MR) is 89.4 cm³/mol. The average molecular weight is 332 g/mol. The largest absolute Gasteiger partial charge is 0.373 e. The minimum Gasteiger partial charge on any atom is -0.373 e. The van der Waals surface area contributed by atoms with Crippen molar-refractivity contribution in [3.63, 3.8) is 0 Å². The molecule has 1 atom stereocenters. The van der Waals surface area contributed by atoms with Gasteiger partial charge in [0.2, 0.25) is 0 Å². The Morgan fingerprint density at radius 2 is 1.83 bits per heavy atom. The highest BCUT2D eigenvalue weighted by molar-refractivity contribution is 5.94. The number of carbonyl (C=O) groups is 1.